The van der Waals surface area contributed by atoms with Crippen molar-refractivity contribution in [3.63, 3.8) is 0 Å². The quantitative estimate of drug-likeness (QED) is 0.841. The van der Waals surface area contributed by atoms with E-state index in [-0.39, 0.29) is 31.3 Å². The number of rotatable bonds is 5. The molecule has 0 spiro atoms. The molecule has 7 heteroatoms. The highest BCUT2D eigenvalue weighted by Gasteiger charge is 2.35. The van der Waals surface area contributed by atoms with Gasteiger partial charge in [0.1, 0.15) is 0 Å². The van der Waals surface area contributed by atoms with E-state index < -0.39 is 17.7 Å². The molecule has 0 unspecified atom stereocenters. The molecule has 1 saturated heterocycles. The predicted molar refractivity (Wildman–Crippen MR) is 99.6 cm³/mol. The van der Waals surface area contributed by atoms with Gasteiger partial charge in [0.25, 0.3) is 0 Å². The first kappa shape index (κ1) is 19.9. The predicted octanol–water partition coefficient (Wildman–Crippen LogP) is 3.94. The van der Waals surface area contributed by atoms with Gasteiger partial charge in [0.05, 0.1) is 11.5 Å². The van der Waals surface area contributed by atoms with Gasteiger partial charge in [0, 0.05) is 25.2 Å². The number of alkyl halides is 3. The summed E-state index contributed by atoms with van der Waals surface area (Å²) in [5.41, 5.74) is 1.51. The largest absolute Gasteiger partial charge is 0.416 e. The van der Waals surface area contributed by atoms with E-state index in [9.17, 15) is 22.8 Å². The summed E-state index contributed by atoms with van der Waals surface area (Å²) in [6.45, 7) is 2.29. The average molecular weight is 390 g/mol. The summed E-state index contributed by atoms with van der Waals surface area (Å²) in [6.07, 6.45) is -3.44. The number of nitrogens with zero attached hydrogens (tertiary/aromatic N) is 1. The molecule has 3 rings (SSSR count). The number of hydrogen-bond donors (Lipinski definition) is 1. The molecular weight excluding hydrogens is 369 g/mol. The van der Waals surface area contributed by atoms with Crippen LogP contribution in [0.3, 0.4) is 0 Å². The number of nitrogens with one attached hydrogen (secondary N) is 1. The number of benzene rings is 2. The zero-order chi connectivity index (χ0) is 20.3. The van der Waals surface area contributed by atoms with Gasteiger partial charge in [0.2, 0.25) is 11.8 Å². The normalized spacial score (nSPS) is 17.1. The fraction of sp³-hybridized carbons (Fsp3) is 0.333. The standard InChI is InChI=1S/C21H21F3N2O2/c1-2-14-6-8-18(9-7-14)26-13-16(11-19(26)27)20(28)25-12-15-4-3-5-17(10-15)21(22,23)24/h3-10,16H,2,11-13H2,1H3,(H,25,28)/t16-/m1/s1. The number of carbonyl (C=O) groups is 2. The maximum atomic E-state index is 12.8. The Morgan fingerprint density at radius 1 is 1.14 bits per heavy atom. The third-order valence-electron chi connectivity index (χ3n) is 4.87. The smallest absolute Gasteiger partial charge is 0.352 e. The molecule has 2 aromatic carbocycles. The summed E-state index contributed by atoms with van der Waals surface area (Å²) >= 11 is 0. The van der Waals surface area contributed by atoms with Gasteiger partial charge in [-0.2, -0.15) is 13.2 Å². The number of hydrogen-bond acceptors (Lipinski definition) is 2. The van der Waals surface area contributed by atoms with Crippen LogP contribution in [0.1, 0.15) is 30.0 Å². The van der Waals surface area contributed by atoms with E-state index in [1.807, 2.05) is 31.2 Å². The Hall–Kier alpha value is -2.83. The Morgan fingerprint density at radius 2 is 1.86 bits per heavy atom. The van der Waals surface area contributed by atoms with Crippen molar-refractivity contribution < 1.29 is 22.8 Å². The van der Waals surface area contributed by atoms with Crippen LogP contribution in [-0.2, 0) is 28.7 Å². The highest BCUT2D eigenvalue weighted by molar-refractivity contribution is 6.00. The van der Waals surface area contributed by atoms with Gasteiger partial charge >= 0.3 is 6.18 Å². The topological polar surface area (TPSA) is 49.4 Å². The molecule has 1 fully saturated rings. The molecule has 0 saturated carbocycles. The Labute approximate surface area is 161 Å². The molecule has 1 N–H and O–H groups in total. The van der Waals surface area contributed by atoms with Crippen molar-refractivity contribution in [1.29, 1.82) is 0 Å². The van der Waals surface area contributed by atoms with Gasteiger partial charge < -0.3 is 10.2 Å². The second-order valence-corrected chi connectivity index (χ2v) is 6.84. The zero-order valence-electron chi connectivity index (χ0n) is 15.4. The van der Waals surface area contributed by atoms with Crippen LogP contribution in [0.15, 0.2) is 48.5 Å². The molecule has 0 radical (unpaired) electrons. The number of halogens is 3. The van der Waals surface area contributed by atoms with E-state index in [0.29, 0.717) is 5.56 Å². The third kappa shape index (κ3) is 4.52. The second kappa shape index (κ2) is 8.04. The molecule has 0 aliphatic carbocycles. The maximum Gasteiger partial charge on any atom is 0.416 e. The molecule has 148 valence electrons. The third-order valence-corrected chi connectivity index (χ3v) is 4.87. The van der Waals surface area contributed by atoms with Crippen LogP contribution in [0.25, 0.3) is 0 Å². The van der Waals surface area contributed by atoms with Crippen LogP contribution in [0, 0.1) is 5.92 Å². The van der Waals surface area contributed by atoms with Crippen molar-refractivity contribution >= 4 is 17.5 Å². The van der Waals surface area contributed by atoms with E-state index >= 15 is 0 Å². The summed E-state index contributed by atoms with van der Waals surface area (Å²) < 4.78 is 38.3. The lowest BCUT2D eigenvalue weighted by atomic mass is 10.1. The zero-order valence-corrected chi connectivity index (χ0v) is 15.4. The van der Waals surface area contributed by atoms with Crippen LogP contribution in [-0.4, -0.2) is 18.4 Å². The fourth-order valence-corrected chi connectivity index (χ4v) is 3.24. The lowest BCUT2D eigenvalue weighted by molar-refractivity contribution is -0.137. The number of carbonyl (C=O) groups excluding carboxylic acids is 2. The minimum atomic E-state index is -4.42. The van der Waals surface area contributed by atoms with E-state index in [1.165, 1.54) is 12.1 Å². The van der Waals surface area contributed by atoms with Gasteiger partial charge in [-0.3, -0.25) is 9.59 Å². The van der Waals surface area contributed by atoms with Crippen LogP contribution in [0.5, 0.6) is 0 Å². The summed E-state index contributed by atoms with van der Waals surface area (Å²) in [7, 11) is 0. The molecule has 1 heterocycles. The van der Waals surface area contributed by atoms with Crippen LogP contribution >= 0.6 is 0 Å². The lowest BCUT2D eigenvalue weighted by Gasteiger charge is -2.17. The Bertz CT molecular complexity index is 863. The van der Waals surface area contributed by atoms with Crippen molar-refractivity contribution in [3.8, 4) is 0 Å². The van der Waals surface area contributed by atoms with Gasteiger partial charge in [-0.25, -0.2) is 0 Å². The number of amides is 2. The van der Waals surface area contributed by atoms with Crippen molar-refractivity contribution in [1.82, 2.24) is 5.32 Å². The lowest BCUT2D eigenvalue weighted by Crippen LogP contribution is -2.32. The van der Waals surface area contributed by atoms with Crippen molar-refractivity contribution in [2.24, 2.45) is 5.92 Å². The monoisotopic (exact) mass is 390 g/mol. The van der Waals surface area contributed by atoms with E-state index in [1.54, 1.807) is 4.90 Å². The summed E-state index contributed by atoms with van der Waals surface area (Å²) in [4.78, 5) is 26.3. The second-order valence-electron chi connectivity index (χ2n) is 6.84. The Morgan fingerprint density at radius 3 is 2.50 bits per heavy atom. The van der Waals surface area contributed by atoms with Crippen molar-refractivity contribution in [2.45, 2.75) is 32.5 Å². The first-order valence-electron chi connectivity index (χ1n) is 9.11. The van der Waals surface area contributed by atoms with Gasteiger partial charge in [-0.1, -0.05) is 31.2 Å². The van der Waals surface area contributed by atoms with E-state index in [2.05, 4.69) is 5.32 Å². The molecule has 2 amide bonds. The van der Waals surface area contributed by atoms with Crippen LogP contribution < -0.4 is 10.2 Å². The number of aryl methyl sites for hydroxylation is 1. The number of anilines is 1. The first-order chi connectivity index (χ1) is 13.3. The highest BCUT2D eigenvalue weighted by atomic mass is 19.4. The summed E-state index contributed by atoms with van der Waals surface area (Å²) in [5, 5.41) is 2.65. The minimum absolute atomic E-state index is 0.0152. The fourth-order valence-electron chi connectivity index (χ4n) is 3.24. The van der Waals surface area contributed by atoms with Gasteiger partial charge in [-0.05, 0) is 41.8 Å². The summed E-state index contributed by atoms with van der Waals surface area (Å²) in [5.74, 6) is -0.994. The molecule has 28 heavy (non-hydrogen) atoms. The molecule has 0 aromatic heterocycles. The van der Waals surface area contributed by atoms with Crippen LogP contribution in [0.2, 0.25) is 0 Å². The molecule has 1 atom stereocenters. The minimum Gasteiger partial charge on any atom is -0.352 e. The average Bonchev–Trinajstić information content (AvgIpc) is 3.07. The Kier molecular flexibility index (Phi) is 5.72. The molecule has 2 aromatic rings. The maximum absolute atomic E-state index is 12.8. The molecule has 4 nitrogen and oxygen atoms in total. The van der Waals surface area contributed by atoms with Gasteiger partial charge in [-0.15, -0.1) is 0 Å². The molecule has 1 aliphatic heterocycles. The molecular formula is C21H21F3N2O2. The molecule has 1 aliphatic rings. The SMILES string of the molecule is CCc1ccc(N2C[C@H](C(=O)NCc3cccc(C(F)(F)F)c3)CC2=O)cc1. The first-order valence-corrected chi connectivity index (χ1v) is 9.11. The van der Waals surface area contributed by atoms with Crippen molar-refractivity contribution in [3.05, 3.63) is 65.2 Å². The van der Waals surface area contributed by atoms with Crippen molar-refractivity contribution in [2.75, 3.05) is 11.4 Å². The van der Waals surface area contributed by atoms with E-state index in [4.69, 9.17) is 0 Å². The Balaban J connectivity index is 1.60. The molecule has 0 bridgehead atoms. The van der Waals surface area contributed by atoms with Gasteiger partial charge in [0.15, 0.2) is 0 Å². The highest BCUT2D eigenvalue weighted by Crippen LogP contribution is 2.30. The summed E-state index contributed by atoms with van der Waals surface area (Å²) in [6, 6.07) is 12.5. The van der Waals surface area contributed by atoms with E-state index in [0.717, 1.165) is 29.8 Å². The van der Waals surface area contributed by atoms with Crippen LogP contribution in [0.4, 0.5) is 18.9 Å².